The van der Waals surface area contributed by atoms with Crippen LogP contribution in [0.25, 0.3) is 11.1 Å². The molecule has 2 heterocycles. The predicted octanol–water partition coefficient (Wildman–Crippen LogP) is 1.34. The summed E-state index contributed by atoms with van der Waals surface area (Å²) in [5.74, 6) is 0. The number of benzene rings is 2. The Morgan fingerprint density at radius 3 is 1.40 bits per heavy atom. The van der Waals surface area contributed by atoms with Gasteiger partial charge in [0.15, 0.2) is 12.3 Å². The lowest BCUT2D eigenvalue weighted by Crippen LogP contribution is -2.48. The summed E-state index contributed by atoms with van der Waals surface area (Å²) in [6.45, 7) is 0.625. The van der Waals surface area contributed by atoms with Crippen molar-refractivity contribution < 1.29 is 39.1 Å². The third-order valence-electron chi connectivity index (χ3n) is 6.70. The largest absolute Gasteiger partial charge is 0.396 e. The van der Waals surface area contributed by atoms with Crippen molar-refractivity contribution in [3.05, 3.63) is 59.7 Å². The molecule has 2 aromatic rings. The minimum atomic E-state index is -0.589. The molecule has 2 aliphatic rings. The zero-order valence-electron chi connectivity index (χ0n) is 23.3. The van der Waals surface area contributed by atoms with Crippen molar-refractivity contribution in [2.24, 2.45) is 0 Å². The molecule has 0 aliphatic carbocycles. The third kappa shape index (κ3) is 7.08. The number of β-amino-alcohol motifs (C(OH)–C–C–N with tert-alkyl or cyclic N) is 2. The molecule has 3 N–H and O–H groups in total. The van der Waals surface area contributed by atoms with Crippen LogP contribution in [0, 0.1) is 0 Å². The Morgan fingerprint density at radius 2 is 1.02 bits per heavy atom. The smallest absolute Gasteiger partial charge is 0.327 e. The quantitative estimate of drug-likeness (QED) is 0.334. The van der Waals surface area contributed by atoms with Gasteiger partial charge in [-0.2, -0.15) is 0 Å². The van der Waals surface area contributed by atoms with Crippen LogP contribution in [-0.2, 0) is 27.2 Å². The van der Waals surface area contributed by atoms with E-state index in [9.17, 15) is 19.8 Å². The zero-order chi connectivity index (χ0) is 29.1. The number of hydrogen-bond acceptors (Lipinski definition) is 8. The van der Waals surface area contributed by atoms with Crippen molar-refractivity contribution in [3.63, 3.8) is 0 Å². The van der Waals surface area contributed by atoms with Gasteiger partial charge in [0.25, 0.3) is 0 Å². The van der Waals surface area contributed by atoms with E-state index in [1.54, 1.807) is 7.11 Å². The van der Waals surface area contributed by atoms with Gasteiger partial charge in [-0.3, -0.25) is 19.6 Å². The van der Waals surface area contributed by atoms with Crippen molar-refractivity contribution in [1.82, 2.24) is 19.6 Å². The lowest BCUT2D eigenvalue weighted by atomic mass is 10.0. The van der Waals surface area contributed by atoms with E-state index < -0.39 is 12.3 Å². The van der Waals surface area contributed by atoms with Crippen LogP contribution in [0.4, 0.5) is 9.59 Å². The van der Waals surface area contributed by atoms with Crippen LogP contribution < -0.4 is 0 Å². The maximum Gasteiger partial charge on any atom is 0.327 e. The maximum atomic E-state index is 12.5. The first kappa shape index (κ1) is 31.3. The second-order valence-electron chi connectivity index (χ2n) is 9.30. The van der Waals surface area contributed by atoms with E-state index in [1.165, 1.54) is 50.5 Å². The SMILES string of the molecule is COCN1C(=O)N(COC)C2C1N(CCO)C(=O)N2CCO.COCc1ccc(-c2ccc(CCO)cc2)cc1. The van der Waals surface area contributed by atoms with Crippen molar-refractivity contribution in [2.75, 3.05) is 67.7 Å². The monoisotopic (exact) mass is 560 g/mol. The minimum absolute atomic E-state index is 0.0163. The maximum absolute atomic E-state index is 12.5. The van der Waals surface area contributed by atoms with Crippen molar-refractivity contribution >= 4 is 12.1 Å². The van der Waals surface area contributed by atoms with E-state index in [2.05, 4.69) is 48.5 Å². The van der Waals surface area contributed by atoms with E-state index in [1.807, 2.05) is 0 Å². The fourth-order valence-electron chi connectivity index (χ4n) is 4.93. The van der Waals surface area contributed by atoms with Crippen LogP contribution >= 0.6 is 0 Å². The van der Waals surface area contributed by atoms with E-state index >= 15 is 0 Å². The normalized spacial score (nSPS) is 18.4. The van der Waals surface area contributed by atoms with Crippen LogP contribution in [0.3, 0.4) is 0 Å². The van der Waals surface area contributed by atoms with Gasteiger partial charge in [-0.1, -0.05) is 48.5 Å². The second-order valence-corrected chi connectivity index (χ2v) is 9.30. The number of aliphatic hydroxyl groups excluding tert-OH is 3. The van der Waals surface area contributed by atoms with Gasteiger partial charge < -0.3 is 29.5 Å². The van der Waals surface area contributed by atoms with E-state index in [4.69, 9.17) is 19.3 Å². The van der Waals surface area contributed by atoms with Crippen LogP contribution in [0.2, 0.25) is 0 Å². The van der Waals surface area contributed by atoms with E-state index in [-0.39, 0.29) is 58.4 Å². The molecule has 0 saturated carbocycles. The molecular weight excluding hydrogens is 520 g/mol. The number of carbonyl (C=O) groups is 2. The first-order valence-corrected chi connectivity index (χ1v) is 13.1. The Labute approximate surface area is 234 Å². The highest BCUT2D eigenvalue weighted by atomic mass is 16.5. The summed E-state index contributed by atoms with van der Waals surface area (Å²) < 4.78 is 15.2. The molecule has 220 valence electrons. The Kier molecular flexibility index (Phi) is 12.1. The standard InChI is InChI=1S/C16H18O2.C12H22N4O6/c1-18-12-14-4-8-16(9-5-14)15-6-2-13(3-7-15)10-11-17;1-21-7-15-9-10(16(8-22-2)12(15)20)14(4-6-18)11(19)13(9)3-5-17/h2-9,17H,10-12H2,1H3;9-10,17-18H,3-8H2,1-2H3. The lowest BCUT2D eigenvalue weighted by molar-refractivity contribution is 0.0232. The van der Waals surface area contributed by atoms with Gasteiger partial charge in [0.05, 0.1) is 19.8 Å². The average Bonchev–Trinajstić information content (AvgIpc) is 3.37. The molecule has 4 rings (SSSR count). The lowest BCUT2D eigenvalue weighted by Gasteiger charge is -2.28. The number of urea groups is 2. The Hall–Kier alpha value is -3.26. The highest BCUT2D eigenvalue weighted by Crippen LogP contribution is 2.34. The number of carbonyl (C=O) groups excluding carboxylic acids is 2. The van der Waals surface area contributed by atoms with Crippen molar-refractivity contribution in [3.8, 4) is 11.1 Å². The number of fused-ring (bicyclic) bond motifs is 1. The van der Waals surface area contributed by atoms with Crippen LogP contribution in [0.5, 0.6) is 0 Å². The molecule has 0 aromatic heterocycles. The van der Waals surface area contributed by atoms with Crippen LogP contribution in [0.1, 0.15) is 11.1 Å². The molecule has 12 nitrogen and oxygen atoms in total. The number of aliphatic hydroxyl groups is 3. The zero-order valence-corrected chi connectivity index (χ0v) is 23.3. The van der Waals surface area contributed by atoms with Gasteiger partial charge in [0.2, 0.25) is 0 Å². The Bertz CT molecular complexity index is 951. The first-order chi connectivity index (χ1) is 19.4. The van der Waals surface area contributed by atoms with Gasteiger partial charge in [0, 0.05) is 41.0 Å². The van der Waals surface area contributed by atoms with Gasteiger partial charge >= 0.3 is 12.1 Å². The summed E-state index contributed by atoms with van der Waals surface area (Å²) in [6.07, 6.45) is -0.463. The fourth-order valence-corrected chi connectivity index (χ4v) is 4.93. The second kappa shape index (κ2) is 15.5. The number of rotatable bonds is 13. The number of nitrogens with zero attached hydrogens (tertiary/aromatic N) is 4. The molecule has 2 fully saturated rings. The molecular formula is C28H40N4O8. The predicted molar refractivity (Wildman–Crippen MR) is 147 cm³/mol. The summed E-state index contributed by atoms with van der Waals surface area (Å²) in [4.78, 5) is 30.6. The molecule has 0 bridgehead atoms. The molecule has 2 unspecified atom stereocenters. The molecule has 2 aliphatic heterocycles. The summed E-state index contributed by atoms with van der Waals surface area (Å²) in [5, 5.41) is 27.3. The van der Waals surface area contributed by atoms with Gasteiger partial charge in [0.1, 0.15) is 13.5 Å². The van der Waals surface area contributed by atoms with Gasteiger partial charge in [-0.05, 0) is 28.7 Å². The fraction of sp³-hybridized carbons (Fsp3) is 0.500. The van der Waals surface area contributed by atoms with Gasteiger partial charge in [-0.25, -0.2) is 9.59 Å². The average molecular weight is 561 g/mol. The minimum Gasteiger partial charge on any atom is -0.396 e. The van der Waals surface area contributed by atoms with E-state index in [0.717, 1.165) is 5.56 Å². The van der Waals surface area contributed by atoms with Crippen molar-refractivity contribution in [1.29, 1.82) is 0 Å². The number of hydrogen-bond donors (Lipinski definition) is 3. The first-order valence-electron chi connectivity index (χ1n) is 13.1. The summed E-state index contributed by atoms with van der Waals surface area (Å²) >= 11 is 0. The summed E-state index contributed by atoms with van der Waals surface area (Å²) in [5.41, 5.74) is 4.74. The van der Waals surface area contributed by atoms with Crippen molar-refractivity contribution in [2.45, 2.75) is 25.4 Å². The Morgan fingerprint density at radius 1 is 0.600 bits per heavy atom. The molecule has 2 atom stereocenters. The Balaban J connectivity index is 0.000000225. The van der Waals surface area contributed by atoms with Crippen LogP contribution in [0.15, 0.2) is 48.5 Å². The number of ether oxygens (including phenoxy) is 3. The molecule has 12 heteroatoms. The highest BCUT2D eigenvalue weighted by Gasteiger charge is 2.58. The molecule has 0 radical (unpaired) electrons. The molecule has 4 amide bonds. The third-order valence-corrected chi connectivity index (χ3v) is 6.70. The van der Waals surface area contributed by atoms with E-state index in [0.29, 0.717) is 13.0 Å². The number of amides is 4. The van der Waals surface area contributed by atoms with Crippen LogP contribution in [-0.4, -0.2) is 127 Å². The molecule has 0 spiro atoms. The number of methoxy groups -OCH3 is 3. The molecule has 2 saturated heterocycles. The highest BCUT2D eigenvalue weighted by molar-refractivity contribution is 5.85. The van der Waals surface area contributed by atoms with Gasteiger partial charge in [-0.15, -0.1) is 0 Å². The molecule has 2 aromatic carbocycles. The summed E-state index contributed by atoms with van der Waals surface area (Å²) in [6, 6.07) is 16.0. The summed E-state index contributed by atoms with van der Waals surface area (Å²) in [7, 11) is 4.62. The molecule has 40 heavy (non-hydrogen) atoms. The topological polar surface area (TPSA) is 135 Å².